The Hall–Kier alpha value is -0.240. The molecule has 2 nitrogen and oxygen atoms in total. The molecular weight excluding hydrogens is 270 g/mol. The lowest BCUT2D eigenvalue weighted by molar-refractivity contribution is -0.125. The number of carbonyl (C=O) groups is 1. The zero-order chi connectivity index (χ0) is 13.9. The Morgan fingerprint density at radius 3 is 2.30 bits per heavy atom. The van der Waals surface area contributed by atoms with Crippen LogP contribution in [0.15, 0.2) is 0 Å². The minimum Gasteiger partial charge on any atom is -0.349 e. The van der Waals surface area contributed by atoms with Gasteiger partial charge in [-0.2, -0.15) is 0 Å². The maximum Gasteiger partial charge on any atom is 0.224 e. The van der Waals surface area contributed by atoms with E-state index in [9.17, 15) is 4.79 Å². The van der Waals surface area contributed by atoms with Crippen LogP contribution in [0.4, 0.5) is 0 Å². The first-order chi connectivity index (χ1) is 9.63. The number of halogens is 1. The second-order valence-electron chi connectivity index (χ2n) is 8.10. The highest BCUT2D eigenvalue weighted by atomic mass is 35.5. The lowest BCUT2D eigenvalue weighted by atomic mass is 9.78. The fraction of sp³-hybridized carbons (Fsp3) is 0.941. The van der Waals surface area contributed by atoms with Crippen molar-refractivity contribution in [3.05, 3.63) is 0 Å². The summed E-state index contributed by atoms with van der Waals surface area (Å²) in [6.07, 6.45) is 8.72. The maximum atomic E-state index is 12.7. The molecule has 2 bridgehead atoms. The first-order valence-corrected chi connectivity index (χ1v) is 9.05. The van der Waals surface area contributed by atoms with Crippen LogP contribution in [-0.4, -0.2) is 17.3 Å². The van der Waals surface area contributed by atoms with E-state index >= 15 is 0 Å². The summed E-state index contributed by atoms with van der Waals surface area (Å²) < 4.78 is 0. The van der Waals surface area contributed by atoms with Crippen LogP contribution in [0.2, 0.25) is 0 Å². The third-order valence-electron chi connectivity index (χ3n) is 6.91. The van der Waals surface area contributed by atoms with Gasteiger partial charge in [-0.1, -0.05) is 6.92 Å². The highest BCUT2D eigenvalue weighted by Crippen LogP contribution is 2.69. The maximum absolute atomic E-state index is 12.7. The molecule has 1 N–H and O–H groups in total. The number of amides is 1. The molecule has 0 aromatic rings. The topological polar surface area (TPSA) is 29.1 Å². The molecule has 4 rings (SSSR count). The Morgan fingerprint density at radius 2 is 1.75 bits per heavy atom. The summed E-state index contributed by atoms with van der Waals surface area (Å²) in [6.45, 7) is 2.31. The molecule has 0 aromatic heterocycles. The Bertz CT molecular complexity index is 399. The minimum atomic E-state index is -0.0961. The fourth-order valence-electron chi connectivity index (χ4n) is 5.63. The largest absolute Gasteiger partial charge is 0.349 e. The molecule has 4 fully saturated rings. The normalized spacial score (nSPS) is 52.7. The molecule has 4 saturated carbocycles. The third-order valence-corrected chi connectivity index (χ3v) is 7.43. The molecule has 0 saturated heterocycles. The summed E-state index contributed by atoms with van der Waals surface area (Å²) in [4.78, 5) is 12.7. The van der Waals surface area contributed by atoms with E-state index < -0.39 is 0 Å². The molecule has 0 radical (unpaired) electrons. The molecule has 20 heavy (non-hydrogen) atoms. The number of carbonyl (C=O) groups excluding carboxylic acids is 1. The van der Waals surface area contributed by atoms with Gasteiger partial charge in [0, 0.05) is 11.8 Å². The Labute approximate surface area is 127 Å². The predicted octanol–water partition coefficient (Wildman–Crippen LogP) is 3.58. The molecule has 0 aliphatic heterocycles. The first kappa shape index (κ1) is 13.4. The van der Waals surface area contributed by atoms with Gasteiger partial charge < -0.3 is 5.32 Å². The van der Waals surface area contributed by atoms with Gasteiger partial charge in [-0.25, -0.2) is 0 Å². The molecule has 3 heteroatoms. The highest BCUT2D eigenvalue weighted by molar-refractivity contribution is 6.18. The SMILES string of the molecule is CC1CCC(CCl)(NC(=O)C2C3C4CCC(C4)C23)CC1. The van der Waals surface area contributed by atoms with Crippen molar-refractivity contribution in [1.82, 2.24) is 5.32 Å². The molecule has 0 aromatic carbocycles. The van der Waals surface area contributed by atoms with E-state index in [1.54, 1.807) is 0 Å². The molecule has 4 aliphatic rings. The van der Waals surface area contributed by atoms with Crippen LogP contribution in [0.5, 0.6) is 0 Å². The lowest BCUT2D eigenvalue weighted by Gasteiger charge is -2.39. The molecule has 4 unspecified atom stereocenters. The molecule has 0 heterocycles. The van der Waals surface area contributed by atoms with Gasteiger partial charge in [-0.15, -0.1) is 11.6 Å². The average Bonchev–Trinajstić information content (AvgIpc) is 2.91. The summed E-state index contributed by atoms with van der Waals surface area (Å²) in [7, 11) is 0. The molecule has 1 amide bonds. The molecule has 4 aliphatic carbocycles. The van der Waals surface area contributed by atoms with E-state index in [0.717, 1.165) is 42.4 Å². The summed E-state index contributed by atoms with van der Waals surface area (Å²) in [6, 6.07) is 0. The fourth-order valence-corrected chi connectivity index (χ4v) is 5.96. The number of nitrogens with one attached hydrogen (secondary N) is 1. The zero-order valence-electron chi connectivity index (χ0n) is 12.4. The zero-order valence-corrected chi connectivity index (χ0v) is 13.2. The Balaban J connectivity index is 1.40. The van der Waals surface area contributed by atoms with E-state index in [4.69, 9.17) is 11.6 Å². The van der Waals surface area contributed by atoms with Crippen molar-refractivity contribution < 1.29 is 4.79 Å². The van der Waals surface area contributed by atoms with Gasteiger partial charge in [0.2, 0.25) is 5.91 Å². The Morgan fingerprint density at radius 1 is 1.15 bits per heavy atom. The monoisotopic (exact) mass is 295 g/mol. The van der Waals surface area contributed by atoms with Crippen molar-refractivity contribution in [3.8, 4) is 0 Å². The summed E-state index contributed by atoms with van der Waals surface area (Å²) in [5.74, 6) is 5.29. The van der Waals surface area contributed by atoms with Crippen LogP contribution < -0.4 is 5.32 Å². The second kappa shape index (κ2) is 4.63. The van der Waals surface area contributed by atoms with Crippen molar-refractivity contribution in [2.24, 2.45) is 35.5 Å². The standard InChI is InChI=1S/C17H26ClNO/c1-10-4-6-17(9-18,7-5-10)19-16(20)15-13-11-2-3-12(8-11)14(13)15/h10-15H,2-9H2,1H3,(H,19,20). The number of alkyl halides is 1. The van der Waals surface area contributed by atoms with Crippen LogP contribution in [0.25, 0.3) is 0 Å². The van der Waals surface area contributed by atoms with Gasteiger partial charge in [-0.3, -0.25) is 4.79 Å². The number of hydrogen-bond donors (Lipinski definition) is 1. The van der Waals surface area contributed by atoms with Crippen LogP contribution in [0.1, 0.15) is 51.9 Å². The van der Waals surface area contributed by atoms with E-state index in [1.807, 2.05) is 0 Å². The van der Waals surface area contributed by atoms with Crippen LogP contribution in [0.3, 0.4) is 0 Å². The van der Waals surface area contributed by atoms with Gasteiger partial charge in [0.1, 0.15) is 0 Å². The quantitative estimate of drug-likeness (QED) is 0.792. The van der Waals surface area contributed by atoms with Gasteiger partial charge in [-0.05, 0) is 74.5 Å². The first-order valence-electron chi connectivity index (χ1n) is 8.51. The second-order valence-corrected chi connectivity index (χ2v) is 8.37. The van der Waals surface area contributed by atoms with Crippen molar-refractivity contribution in [1.29, 1.82) is 0 Å². The minimum absolute atomic E-state index is 0.0961. The van der Waals surface area contributed by atoms with Gasteiger partial charge in [0.15, 0.2) is 0 Å². The van der Waals surface area contributed by atoms with E-state index in [1.165, 1.54) is 32.1 Å². The van der Waals surface area contributed by atoms with Gasteiger partial charge in [0.05, 0.1) is 5.54 Å². The molecule has 0 spiro atoms. The van der Waals surface area contributed by atoms with E-state index in [2.05, 4.69) is 12.2 Å². The lowest BCUT2D eigenvalue weighted by Crippen LogP contribution is -2.53. The van der Waals surface area contributed by atoms with Crippen LogP contribution in [0, 0.1) is 35.5 Å². The third kappa shape index (κ3) is 1.94. The van der Waals surface area contributed by atoms with Crippen LogP contribution >= 0.6 is 11.6 Å². The smallest absolute Gasteiger partial charge is 0.224 e. The van der Waals surface area contributed by atoms with E-state index in [-0.39, 0.29) is 5.54 Å². The van der Waals surface area contributed by atoms with Crippen molar-refractivity contribution >= 4 is 17.5 Å². The van der Waals surface area contributed by atoms with Gasteiger partial charge in [0.25, 0.3) is 0 Å². The molecule has 4 atom stereocenters. The van der Waals surface area contributed by atoms with Crippen molar-refractivity contribution in [2.75, 3.05) is 5.88 Å². The number of rotatable bonds is 3. The summed E-state index contributed by atoms with van der Waals surface area (Å²) in [5, 5.41) is 3.39. The number of fused-ring (bicyclic) bond motifs is 5. The Kier molecular flexibility index (Phi) is 3.11. The molecular formula is C17H26ClNO. The highest BCUT2D eigenvalue weighted by Gasteiger charge is 2.67. The van der Waals surface area contributed by atoms with Crippen molar-refractivity contribution in [3.63, 3.8) is 0 Å². The molecule has 112 valence electrons. The van der Waals surface area contributed by atoms with Gasteiger partial charge >= 0.3 is 0 Å². The van der Waals surface area contributed by atoms with Crippen LogP contribution in [-0.2, 0) is 4.79 Å². The summed E-state index contributed by atoms with van der Waals surface area (Å²) >= 11 is 6.23. The number of hydrogen-bond acceptors (Lipinski definition) is 1. The van der Waals surface area contributed by atoms with E-state index in [0.29, 0.717) is 17.7 Å². The van der Waals surface area contributed by atoms with Crippen molar-refractivity contribution in [2.45, 2.75) is 57.4 Å². The average molecular weight is 296 g/mol. The summed E-state index contributed by atoms with van der Waals surface area (Å²) in [5.41, 5.74) is -0.0961. The predicted molar refractivity (Wildman–Crippen MR) is 80.5 cm³/mol.